The van der Waals surface area contributed by atoms with Crippen LogP contribution in [0, 0.1) is 5.92 Å². The van der Waals surface area contributed by atoms with Crippen molar-refractivity contribution in [2.24, 2.45) is 11.7 Å². The Morgan fingerprint density at radius 2 is 2.12 bits per heavy atom. The Balaban J connectivity index is 2.26. The van der Waals surface area contributed by atoms with Crippen molar-refractivity contribution in [1.29, 1.82) is 0 Å². The third kappa shape index (κ3) is 5.04. The van der Waals surface area contributed by atoms with E-state index in [1.807, 2.05) is 7.05 Å². The number of hydrogen-bond acceptors (Lipinski definition) is 3. The summed E-state index contributed by atoms with van der Waals surface area (Å²) in [4.78, 5) is 13.8. The van der Waals surface area contributed by atoms with Gasteiger partial charge in [-0.1, -0.05) is 12.8 Å². The first kappa shape index (κ1) is 14.5. The number of carbonyl (C=O) groups excluding carboxylic acids is 1. The maximum absolute atomic E-state index is 12.0. The SMILES string of the molecule is COCCCN(C)C(=O)CC1CCCCC1N. The standard InChI is InChI=1S/C13H26N2O2/c1-15(8-5-9-17-2)13(16)10-11-6-3-4-7-12(11)14/h11-12H,3-10,14H2,1-2H3. The molecule has 0 radical (unpaired) electrons. The summed E-state index contributed by atoms with van der Waals surface area (Å²) in [5.41, 5.74) is 6.06. The maximum Gasteiger partial charge on any atom is 0.222 e. The van der Waals surface area contributed by atoms with E-state index in [2.05, 4.69) is 0 Å². The zero-order valence-electron chi connectivity index (χ0n) is 11.2. The van der Waals surface area contributed by atoms with Gasteiger partial charge in [0.05, 0.1) is 0 Å². The van der Waals surface area contributed by atoms with Crippen molar-refractivity contribution in [1.82, 2.24) is 4.90 Å². The van der Waals surface area contributed by atoms with Gasteiger partial charge in [-0.05, 0) is 25.2 Å². The minimum Gasteiger partial charge on any atom is -0.385 e. The summed E-state index contributed by atoms with van der Waals surface area (Å²) in [6.07, 6.45) is 6.14. The van der Waals surface area contributed by atoms with Crippen LogP contribution < -0.4 is 5.73 Å². The number of nitrogens with zero attached hydrogens (tertiary/aromatic N) is 1. The van der Waals surface area contributed by atoms with Crippen LogP contribution in [-0.4, -0.2) is 44.2 Å². The van der Waals surface area contributed by atoms with Crippen molar-refractivity contribution >= 4 is 5.91 Å². The van der Waals surface area contributed by atoms with Crippen molar-refractivity contribution in [3.05, 3.63) is 0 Å². The number of nitrogens with two attached hydrogens (primary N) is 1. The summed E-state index contributed by atoms with van der Waals surface area (Å²) in [5.74, 6) is 0.615. The van der Waals surface area contributed by atoms with Gasteiger partial charge in [-0.15, -0.1) is 0 Å². The lowest BCUT2D eigenvalue weighted by Gasteiger charge is -2.29. The van der Waals surface area contributed by atoms with Crippen molar-refractivity contribution in [3.63, 3.8) is 0 Å². The Morgan fingerprint density at radius 1 is 1.41 bits per heavy atom. The molecule has 0 saturated heterocycles. The summed E-state index contributed by atoms with van der Waals surface area (Å²) < 4.78 is 4.98. The second-order valence-electron chi connectivity index (χ2n) is 5.07. The van der Waals surface area contributed by atoms with Gasteiger partial charge < -0.3 is 15.4 Å². The minimum absolute atomic E-state index is 0.222. The molecule has 0 aromatic heterocycles. The molecule has 0 aliphatic heterocycles. The highest BCUT2D eigenvalue weighted by Gasteiger charge is 2.25. The molecule has 4 nitrogen and oxygen atoms in total. The molecule has 0 bridgehead atoms. The molecule has 0 aromatic rings. The highest BCUT2D eigenvalue weighted by Crippen LogP contribution is 2.26. The summed E-state index contributed by atoms with van der Waals surface area (Å²) in [6, 6.07) is 0.222. The fourth-order valence-electron chi connectivity index (χ4n) is 2.44. The molecule has 1 saturated carbocycles. The number of methoxy groups -OCH3 is 1. The first-order valence-corrected chi connectivity index (χ1v) is 6.63. The monoisotopic (exact) mass is 242 g/mol. The number of carbonyl (C=O) groups is 1. The number of hydrogen-bond donors (Lipinski definition) is 1. The van der Waals surface area contributed by atoms with Crippen LogP contribution in [0.2, 0.25) is 0 Å². The van der Waals surface area contributed by atoms with Crippen LogP contribution in [0.15, 0.2) is 0 Å². The van der Waals surface area contributed by atoms with E-state index in [1.54, 1.807) is 12.0 Å². The Bertz CT molecular complexity index is 233. The summed E-state index contributed by atoms with van der Waals surface area (Å²) in [7, 11) is 3.55. The summed E-state index contributed by atoms with van der Waals surface area (Å²) in [5, 5.41) is 0. The first-order valence-electron chi connectivity index (χ1n) is 6.63. The van der Waals surface area contributed by atoms with E-state index in [9.17, 15) is 4.79 Å². The fourth-order valence-corrected chi connectivity index (χ4v) is 2.44. The molecular formula is C13H26N2O2. The molecule has 0 aromatic carbocycles. The van der Waals surface area contributed by atoms with Crippen LogP contribution in [0.25, 0.3) is 0 Å². The van der Waals surface area contributed by atoms with Gasteiger partial charge in [0.15, 0.2) is 0 Å². The molecule has 2 unspecified atom stereocenters. The Kier molecular flexibility index (Phi) is 6.52. The predicted molar refractivity (Wildman–Crippen MR) is 68.7 cm³/mol. The van der Waals surface area contributed by atoms with Gasteiger partial charge in [-0.3, -0.25) is 4.79 Å². The van der Waals surface area contributed by atoms with Crippen LogP contribution in [0.5, 0.6) is 0 Å². The van der Waals surface area contributed by atoms with Crippen LogP contribution >= 0.6 is 0 Å². The highest BCUT2D eigenvalue weighted by molar-refractivity contribution is 5.76. The molecule has 100 valence electrons. The van der Waals surface area contributed by atoms with Gasteiger partial charge in [0.1, 0.15) is 0 Å². The fraction of sp³-hybridized carbons (Fsp3) is 0.923. The summed E-state index contributed by atoms with van der Waals surface area (Å²) >= 11 is 0. The molecule has 17 heavy (non-hydrogen) atoms. The zero-order chi connectivity index (χ0) is 12.7. The molecule has 0 spiro atoms. The van der Waals surface area contributed by atoms with Gasteiger partial charge in [0.25, 0.3) is 0 Å². The predicted octanol–water partition coefficient (Wildman–Crippen LogP) is 1.39. The van der Waals surface area contributed by atoms with Crippen LogP contribution in [-0.2, 0) is 9.53 Å². The lowest BCUT2D eigenvalue weighted by Crippen LogP contribution is -2.38. The van der Waals surface area contributed by atoms with Gasteiger partial charge in [0.2, 0.25) is 5.91 Å². The Labute approximate surface area is 104 Å². The van der Waals surface area contributed by atoms with Crippen molar-refractivity contribution in [2.45, 2.75) is 44.6 Å². The van der Waals surface area contributed by atoms with Crippen molar-refractivity contribution in [2.75, 3.05) is 27.3 Å². The molecule has 2 atom stereocenters. The Morgan fingerprint density at radius 3 is 2.76 bits per heavy atom. The van der Waals surface area contributed by atoms with Crippen LogP contribution in [0.3, 0.4) is 0 Å². The van der Waals surface area contributed by atoms with E-state index in [-0.39, 0.29) is 11.9 Å². The molecule has 1 fully saturated rings. The topological polar surface area (TPSA) is 55.6 Å². The third-order valence-electron chi connectivity index (χ3n) is 3.67. The molecule has 1 aliphatic carbocycles. The van der Waals surface area contributed by atoms with E-state index < -0.39 is 0 Å². The average molecular weight is 242 g/mol. The van der Waals surface area contributed by atoms with Gasteiger partial charge in [-0.2, -0.15) is 0 Å². The van der Waals surface area contributed by atoms with Gasteiger partial charge >= 0.3 is 0 Å². The average Bonchev–Trinajstić information content (AvgIpc) is 2.32. The van der Waals surface area contributed by atoms with Gasteiger partial charge in [0, 0.05) is 39.8 Å². The minimum atomic E-state index is 0.222. The first-order chi connectivity index (χ1) is 8.15. The van der Waals surface area contributed by atoms with Crippen molar-refractivity contribution < 1.29 is 9.53 Å². The number of ether oxygens (including phenoxy) is 1. The zero-order valence-corrected chi connectivity index (χ0v) is 11.2. The maximum atomic E-state index is 12.0. The third-order valence-corrected chi connectivity index (χ3v) is 3.67. The van der Waals surface area contributed by atoms with E-state index in [4.69, 9.17) is 10.5 Å². The molecule has 1 aliphatic rings. The van der Waals surface area contributed by atoms with Crippen LogP contribution in [0.4, 0.5) is 0 Å². The van der Waals surface area contributed by atoms with E-state index >= 15 is 0 Å². The number of rotatable bonds is 6. The van der Waals surface area contributed by atoms with Crippen LogP contribution in [0.1, 0.15) is 38.5 Å². The molecule has 1 rings (SSSR count). The molecule has 4 heteroatoms. The van der Waals surface area contributed by atoms with E-state index in [1.165, 1.54) is 12.8 Å². The normalized spacial score (nSPS) is 24.6. The summed E-state index contributed by atoms with van der Waals surface area (Å²) in [6.45, 7) is 1.48. The lowest BCUT2D eigenvalue weighted by molar-refractivity contribution is -0.131. The quantitative estimate of drug-likeness (QED) is 0.716. The van der Waals surface area contributed by atoms with E-state index in [0.717, 1.165) is 25.8 Å². The van der Waals surface area contributed by atoms with Gasteiger partial charge in [-0.25, -0.2) is 0 Å². The smallest absolute Gasteiger partial charge is 0.222 e. The number of amides is 1. The largest absolute Gasteiger partial charge is 0.385 e. The second kappa shape index (κ2) is 7.67. The second-order valence-corrected chi connectivity index (χ2v) is 5.07. The lowest BCUT2D eigenvalue weighted by atomic mass is 9.83. The molecule has 0 heterocycles. The highest BCUT2D eigenvalue weighted by atomic mass is 16.5. The molecule has 1 amide bonds. The van der Waals surface area contributed by atoms with E-state index in [0.29, 0.717) is 18.9 Å². The molecule has 2 N–H and O–H groups in total. The Hall–Kier alpha value is -0.610. The molecular weight excluding hydrogens is 216 g/mol. The van der Waals surface area contributed by atoms with Crippen molar-refractivity contribution in [3.8, 4) is 0 Å².